The molecule has 0 spiro atoms. The Kier molecular flexibility index (Phi) is 1.15. The fourth-order valence-electron chi connectivity index (χ4n) is 0.731. The second-order valence-electron chi connectivity index (χ2n) is 2.14. The Morgan fingerprint density at radius 1 is 1.75 bits per heavy atom. The molecule has 3 heteroatoms. The summed E-state index contributed by atoms with van der Waals surface area (Å²) in [6, 6.07) is 0. The molecule has 1 rings (SSSR count). The van der Waals surface area contributed by atoms with Gasteiger partial charge >= 0.3 is 0 Å². The van der Waals surface area contributed by atoms with E-state index in [1.165, 1.54) is 5.41 Å². The average molecular weight is 142 g/mol. The second-order valence-corrected chi connectivity index (χ2v) is 4.07. The van der Waals surface area contributed by atoms with Gasteiger partial charge in [0.05, 0.1) is 5.75 Å². The molecule has 56 valence electrons. The number of rotatable bonds is 0. The van der Waals surface area contributed by atoms with E-state index in [4.69, 9.17) is 0 Å². The molecule has 0 aliphatic carbocycles. The highest BCUT2D eigenvalue weighted by Crippen LogP contribution is 2.12. The summed E-state index contributed by atoms with van der Waals surface area (Å²) in [5.41, 5.74) is 0. The van der Waals surface area contributed by atoms with Crippen molar-refractivity contribution in [1.29, 1.82) is 0 Å². The van der Waals surface area contributed by atoms with Gasteiger partial charge in [-0.25, -0.2) is 8.42 Å². The molecule has 0 saturated carbocycles. The zero-order valence-electron chi connectivity index (χ0n) is 4.66. The highest BCUT2D eigenvalue weighted by Gasteiger charge is 2.16. The average Bonchev–Trinajstić information content (AvgIpc) is 1.82. The molecule has 0 aromatic carbocycles. The van der Waals surface area contributed by atoms with Crippen molar-refractivity contribution in [3.8, 4) is 0 Å². The van der Waals surface area contributed by atoms with Crippen LogP contribution in [-0.2, 0) is 9.84 Å². The number of allylic oxidation sites excluding steroid dienone is 1. The van der Waals surface area contributed by atoms with Gasteiger partial charge in [0.1, 0.15) is 0 Å². The molecule has 0 amide bonds. The predicted molar refractivity (Wildman–Crippen MR) is 42.7 cm³/mol. The van der Waals surface area contributed by atoms with Crippen LogP contribution in [0.2, 0.25) is 0 Å². The summed E-state index contributed by atoms with van der Waals surface area (Å²) < 4.78 is 21.1. The lowest BCUT2D eigenvalue weighted by atomic mass is 10.2. The van der Waals surface area contributed by atoms with Gasteiger partial charge < -0.3 is 0 Å². The van der Waals surface area contributed by atoms with Crippen molar-refractivity contribution in [2.24, 2.45) is 5.92 Å². The van der Waals surface area contributed by atoms with Crippen LogP contribution >= 0.6 is 0 Å². The molecule has 1 unspecified atom stereocenters. The van der Waals surface area contributed by atoms with E-state index in [-0.39, 0.29) is 13.1 Å². The van der Waals surface area contributed by atoms with E-state index in [2.05, 4.69) is 0 Å². The summed E-state index contributed by atoms with van der Waals surface area (Å²) in [5, 5.41) is 1.29. The minimum absolute atomic E-state index is 0. The van der Waals surface area contributed by atoms with Gasteiger partial charge in [0.2, 0.25) is 0 Å². The third-order valence-corrected chi connectivity index (χ3v) is 2.67. The Bertz CT molecular complexity index is 213. The molecule has 0 fully saturated rings. The maximum atomic E-state index is 10.6. The summed E-state index contributed by atoms with van der Waals surface area (Å²) in [6.07, 6.45) is 1.72. The van der Waals surface area contributed by atoms with Crippen molar-refractivity contribution >= 4 is 9.84 Å². The van der Waals surface area contributed by atoms with Crippen LogP contribution in [0.4, 0.5) is 0 Å². The van der Waals surface area contributed by atoms with E-state index < -0.39 is 9.84 Å². The van der Waals surface area contributed by atoms with Crippen LogP contribution in [0.15, 0.2) is 11.5 Å². The number of sulfone groups is 1. The van der Waals surface area contributed by atoms with Crippen LogP contribution in [0.1, 0.15) is 14.1 Å². The van der Waals surface area contributed by atoms with Crippen molar-refractivity contribution in [2.45, 2.75) is 6.92 Å². The number of hydrogen-bond donors (Lipinski definition) is 0. The minimum atomic E-state index is -2.78. The normalized spacial score (nSPS) is 33.4. The predicted octanol–water partition coefficient (Wildman–Crippen LogP) is 1.79. The smallest absolute Gasteiger partial charge is 0.171 e. The molecule has 0 aromatic heterocycles. The number of hydrogen-bond acceptors (Lipinski definition) is 2. The third kappa shape index (κ3) is 1.10. The quantitative estimate of drug-likeness (QED) is 0.517. The van der Waals surface area contributed by atoms with E-state index in [1.54, 1.807) is 6.08 Å². The first-order valence-electron chi connectivity index (χ1n) is 2.51. The van der Waals surface area contributed by atoms with E-state index in [1.807, 2.05) is 6.92 Å². The molecule has 1 aliphatic rings. The van der Waals surface area contributed by atoms with Gasteiger partial charge in [-0.2, -0.15) is 0 Å². The highest BCUT2D eigenvalue weighted by molar-refractivity contribution is 7.94. The first kappa shape index (κ1) is 5.82. The first-order chi connectivity index (χ1) is 3.60. The van der Waals surface area contributed by atoms with Gasteiger partial charge in [0, 0.05) is 12.5 Å². The Morgan fingerprint density at radius 2 is 2.38 bits per heavy atom. The molecule has 1 atom stereocenters. The van der Waals surface area contributed by atoms with E-state index >= 15 is 0 Å². The molecule has 0 aromatic rings. The Labute approximate surface area is 56.6 Å². The van der Waals surface area contributed by atoms with Crippen LogP contribution in [0, 0.1) is 5.92 Å². The van der Waals surface area contributed by atoms with E-state index in [9.17, 15) is 8.42 Å². The zero-order chi connectivity index (χ0) is 6.20. The van der Waals surface area contributed by atoms with Crippen LogP contribution in [0.3, 0.4) is 0 Å². The first-order valence-corrected chi connectivity index (χ1v) is 4.23. The zero-order valence-corrected chi connectivity index (χ0v) is 5.48. The van der Waals surface area contributed by atoms with Crippen molar-refractivity contribution in [3.63, 3.8) is 0 Å². The van der Waals surface area contributed by atoms with Gasteiger partial charge in [-0.15, -0.1) is 0 Å². The van der Waals surface area contributed by atoms with Crippen LogP contribution in [-0.4, -0.2) is 14.2 Å². The van der Waals surface area contributed by atoms with Crippen LogP contribution < -0.4 is 0 Å². The lowest BCUT2D eigenvalue weighted by molar-refractivity contribution is 0.602. The van der Waals surface area contributed by atoms with Crippen molar-refractivity contribution < 1.29 is 15.6 Å². The molecular weight excluding hydrogens is 124 g/mol. The molecule has 8 heavy (non-hydrogen) atoms. The summed E-state index contributed by atoms with van der Waals surface area (Å²) in [7, 11) is -2.78. The van der Waals surface area contributed by atoms with E-state index in [0.29, 0.717) is 5.75 Å². The fourth-order valence-corrected chi connectivity index (χ4v) is 2.19. The van der Waals surface area contributed by atoms with Gasteiger partial charge in [-0.1, -0.05) is 13.0 Å². The topological polar surface area (TPSA) is 34.1 Å². The maximum absolute atomic E-state index is 10.6. The van der Waals surface area contributed by atoms with Crippen LogP contribution in [0.25, 0.3) is 0 Å². The molecule has 1 aliphatic heterocycles. The molecule has 0 bridgehead atoms. The Hall–Kier alpha value is -0.310. The summed E-state index contributed by atoms with van der Waals surface area (Å²) >= 11 is 0. The van der Waals surface area contributed by atoms with Crippen LogP contribution in [0.5, 0.6) is 0 Å². The monoisotopic (exact) mass is 142 g/mol. The molecule has 1 heterocycles. The van der Waals surface area contributed by atoms with Crippen molar-refractivity contribution in [1.82, 2.24) is 0 Å². The maximum Gasteiger partial charge on any atom is 0.171 e. The van der Waals surface area contributed by atoms with Gasteiger partial charge in [0.15, 0.2) is 9.84 Å². The SMILES string of the molecule is CC1C=CS(=O)(=O)C1.[HH].[HH].[HH].[HH].[HH]. The molecule has 0 radical (unpaired) electrons. The Balaban J connectivity index is -0.0000000427. The van der Waals surface area contributed by atoms with Gasteiger partial charge in [-0.05, 0) is 5.92 Å². The van der Waals surface area contributed by atoms with Gasteiger partial charge in [0.25, 0.3) is 0 Å². The minimum Gasteiger partial charge on any atom is -0.224 e. The molecule has 2 nitrogen and oxygen atoms in total. The Morgan fingerprint density at radius 3 is 2.50 bits per heavy atom. The van der Waals surface area contributed by atoms with E-state index in [0.717, 1.165) is 0 Å². The third-order valence-electron chi connectivity index (χ3n) is 1.11. The fraction of sp³-hybridized carbons (Fsp3) is 0.600. The van der Waals surface area contributed by atoms with Crippen molar-refractivity contribution in [2.75, 3.05) is 5.75 Å². The largest absolute Gasteiger partial charge is 0.224 e. The highest BCUT2D eigenvalue weighted by atomic mass is 32.2. The second kappa shape index (κ2) is 1.58. The lowest BCUT2D eigenvalue weighted by Crippen LogP contribution is -2.00. The molecule has 0 N–H and O–H groups in total. The summed E-state index contributed by atoms with van der Waals surface area (Å²) in [6.45, 7) is 1.89. The molecular formula is C5H18O2S. The standard InChI is InChI=1S/C5H8O2S.5H2/c1-5-2-3-8(6,7)4-5;;;;;/h2-3,5H,4H2,1H3;5*1H. The summed E-state index contributed by atoms with van der Waals surface area (Å²) in [5.74, 6) is 0.521. The van der Waals surface area contributed by atoms with Crippen molar-refractivity contribution in [3.05, 3.63) is 11.5 Å². The van der Waals surface area contributed by atoms with Gasteiger partial charge in [-0.3, -0.25) is 0 Å². The lowest BCUT2D eigenvalue weighted by Gasteiger charge is -1.90. The summed E-state index contributed by atoms with van der Waals surface area (Å²) in [4.78, 5) is 0. The molecule has 0 saturated heterocycles.